The Labute approximate surface area is 128 Å². The normalized spacial score (nSPS) is 10.7. The second kappa shape index (κ2) is 9.32. The molecule has 0 aromatic heterocycles. The molecular weight excluding hydrogens is 258 g/mol. The van der Waals surface area contributed by atoms with Gasteiger partial charge >= 0.3 is 0 Å². The molecule has 0 aliphatic carbocycles. The minimum absolute atomic E-state index is 0.709. The highest BCUT2D eigenvalue weighted by molar-refractivity contribution is 5.22. The lowest BCUT2D eigenvalue weighted by atomic mass is 10.1. The molecule has 112 valence electrons. The van der Waals surface area contributed by atoms with Crippen molar-refractivity contribution in [3.63, 3.8) is 0 Å². The van der Waals surface area contributed by atoms with Crippen molar-refractivity contribution < 1.29 is 4.74 Å². The predicted octanol–water partition coefficient (Wildman–Crippen LogP) is 3.60. The third-order valence-corrected chi connectivity index (χ3v) is 3.55. The van der Waals surface area contributed by atoms with E-state index in [1.807, 2.05) is 7.05 Å². The van der Waals surface area contributed by atoms with Crippen LogP contribution in [0, 0.1) is 0 Å². The number of rotatable bonds is 9. The van der Waals surface area contributed by atoms with Crippen molar-refractivity contribution in [1.29, 1.82) is 0 Å². The van der Waals surface area contributed by atoms with Crippen molar-refractivity contribution in [2.24, 2.45) is 0 Å². The van der Waals surface area contributed by atoms with Gasteiger partial charge < -0.3 is 10.1 Å². The van der Waals surface area contributed by atoms with Gasteiger partial charge in [0.05, 0.1) is 6.61 Å². The summed E-state index contributed by atoms with van der Waals surface area (Å²) in [4.78, 5) is 0. The molecule has 0 amide bonds. The largest absolute Gasteiger partial charge is 0.377 e. The summed E-state index contributed by atoms with van der Waals surface area (Å²) in [5, 5.41) is 3.17. The van der Waals surface area contributed by atoms with Crippen LogP contribution in [-0.2, 0) is 24.2 Å². The number of aryl methyl sites for hydroxylation is 1. The predicted molar refractivity (Wildman–Crippen MR) is 88.5 cm³/mol. The van der Waals surface area contributed by atoms with Gasteiger partial charge in [0.1, 0.15) is 0 Å². The first-order chi connectivity index (χ1) is 10.4. The fourth-order valence-corrected chi connectivity index (χ4v) is 2.28. The van der Waals surface area contributed by atoms with Crippen LogP contribution in [0.15, 0.2) is 54.6 Å². The number of hydrogen-bond acceptors (Lipinski definition) is 2. The Morgan fingerprint density at radius 2 is 1.48 bits per heavy atom. The Bertz CT molecular complexity index is 493. The standard InChI is InChI=1S/C19H25NO/c1-20-14-13-18-9-11-19(12-10-18)16-21-15-5-8-17-6-3-2-4-7-17/h2-4,6-7,9-12,20H,5,8,13-16H2,1H3. The molecule has 0 heterocycles. The van der Waals surface area contributed by atoms with Crippen LogP contribution in [0.5, 0.6) is 0 Å². The average Bonchev–Trinajstić information content (AvgIpc) is 2.55. The Morgan fingerprint density at radius 3 is 2.19 bits per heavy atom. The molecule has 1 N–H and O–H groups in total. The molecule has 0 radical (unpaired) electrons. The molecule has 0 fully saturated rings. The molecule has 2 nitrogen and oxygen atoms in total. The second-order valence-electron chi connectivity index (χ2n) is 5.31. The van der Waals surface area contributed by atoms with E-state index in [1.54, 1.807) is 0 Å². The highest BCUT2D eigenvalue weighted by Gasteiger charge is 1.96. The van der Waals surface area contributed by atoms with E-state index in [0.29, 0.717) is 6.61 Å². The van der Waals surface area contributed by atoms with Crippen LogP contribution in [-0.4, -0.2) is 20.2 Å². The van der Waals surface area contributed by atoms with Gasteiger partial charge in [0.15, 0.2) is 0 Å². The summed E-state index contributed by atoms with van der Waals surface area (Å²) < 4.78 is 5.75. The fraction of sp³-hybridized carbons (Fsp3) is 0.368. The molecule has 0 spiro atoms. The molecule has 0 saturated carbocycles. The highest BCUT2D eigenvalue weighted by Crippen LogP contribution is 2.07. The van der Waals surface area contributed by atoms with E-state index in [1.165, 1.54) is 16.7 Å². The van der Waals surface area contributed by atoms with Crippen LogP contribution < -0.4 is 5.32 Å². The van der Waals surface area contributed by atoms with E-state index >= 15 is 0 Å². The van der Waals surface area contributed by atoms with Crippen LogP contribution in [0.3, 0.4) is 0 Å². The molecule has 0 unspecified atom stereocenters. The molecule has 0 aliphatic rings. The van der Waals surface area contributed by atoms with Gasteiger partial charge in [-0.1, -0.05) is 54.6 Å². The summed E-state index contributed by atoms with van der Waals surface area (Å²) >= 11 is 0. The topological polar surface area (TPSA) is 21.3 Å². The number of likely N-dealkylation sites (N-methyl/N-ethyl adjacent to an activating group) is 1. The van der Waals surface area contributed by atoms with Crippen LogP contribution in [0.1, 0.15) is 23.1 Å². The van der Waals surface area contributed by atoms with E-state index in [-0.39, 0.29) is 0 Å². The maximum Gasteiger partial charge on any atom is 0.0716 e. The van der Waals surface area contributed by atoms with Gasteiger partial charge in [0.2, 0.25) is 0 Å². The Balaban J connectivity index is 1.62. The molecule has 0 bridgehead atoms. The smallest absolute Gasteiger partial charge is 0.0716 e. The van der Waals surface area contributed by atoms with Gasteiger partial charge in [-0.3, -0.25) is 0 Å². The van der Waals surface area contributed by atoms with Gasteiger partial charge in [-0.15, -0.1) is 0 Å². The first-order valence-electron chi connectivity index (χ1n) is 7.72. The maximum atomic E-state index is 5.75. The summed E-state index contributed by atoms with van der Waals surface area (Å²) in [5.74, 6) is 0. The molecule has 2 aromatic carbocycles. The summed E-state index contributed by atoms with van der Waals surface area (Å²) in [6, 6.07) is 19.3. The SMILES string of the molecule is CNCCc1ccc(COCCCc2ccccc2)cc1. The minimum atomic E-state index is 0.709. The van der Waals surface area contributed by atoms with E-state index in [9.17, 15) is 0 Å². The van der Waals surface area contributed by atoms with Crippen molar-refractivity contribution in [1.82, 2.24) is 5.32 Å². The lowest BCUT2D eigenvalue weighted by molar-refractivity contribution is 0.118. The van der Waals surface area contributed by atoms with E-state index in [4.69, 9.17) is 4.74 Å². The van der Waals surface area contributed by atoms with Crippen molar-refractivity contribution in [3.8, 4) is 0 Å². The molecule has 0 aliphatic heterocycles. The highest BCUT2D eigenvalue weighted by atomic mass is 16.5. The summed E-state index contributed by atoms with van der Waals surface area (Å²) in [6.45, 7) is 2.55. The lowest BCUT2D eigenvalue weighted by Gasteiger charge is -2.06. The zero-order valence-corrected chi connectivity index (χ0v) is 12.8. The first-order valence-corrected chi connectivity index (χ1v) is 7.72. The van der Waals surface area contributed by atoms with Crippen molar-refractivity contribution in [3.05, 3.63) is 71.3 Å². The van der Waals surface area contributed by atoms with Crippen LogP contribution >= 0.6 is 0 Å². The van der Waals surface area contributed by atoms with Crippen molar-refractivity contribution >= 4 is 0 Å². The zero-order valence-electron chi connectivity index (χ0n) is 12.8. The molecule has 2 rings (SSSR count). The van der Waals surface area contributed by atoms with Crippen molar-refractivity contribution in [2.75, 3.05) is 20.2 Å². The Kier molecular flexibility index (Phi) is 6.99. The zero-order chi connectivity index (χ0) is 14.8. The van der Waals surface area contributed by atoms with Gasteiger partial charge in [0, 0.05) is 6.61 Å². The molecule has 0 atom stereocenters. The maximum absolute atomic E-state index is 5.75. The third-order valence-electron chi connectivity index (χ3n) is 3.55. The number of hydrogen-bond donors (Lipinski definition) is 1. The van der Waals surface area contributed by atoms with E-state index in [0.717, 1.165) is 32.4 Å². The third kappa shape index (κ3) is 6.11. The summed E-state index contributed by atoms with van der Waals surface area (Å²) in [5.41, 5.74) is 4.01. The molecule has 2 aromatic rings. The van der Waals surface area contributed by atoms with Crippen LogP contribution in [0.4, 0.5) is 0 Å². The number of benzene rings is 2. The second-order valence-corrected chi connectivity index (χ2v) is 5.31. The van der Waals surface area contributed by atoms with Gasteiger partial charge in [-0.05, 0) is 49.5 Å². The first kappa shape index (κ1) is 15.7. The lowest BCUT2D eigenvalue weighted by Crippen LogP contribution is -2.10. The minimum Gasteiger partial charge on any atom is -0.377 e. The Morgan fingerprint density at radius 1 is 0.810 bits per heavy atom. The number of ether oxygens (including phenoxy) is 1. The average molecular weight is 283 g/mol. The van der Waals surface area contributed by atoms with E-state index < -0.39 is 0 Å². The summed E-state index contributed by atoms with van der Waals surface area (Å²) in [7, 11) is 1.98. The number of nitrogens with one attached hydrogen (secondary N) is 1. The molecule has 0 saturated heterocycles. The van der Waals surface area contributed by atoms with Crippen LogP contribution in [0.25, 0.3) is 0 Å². The van der Waals surface area contributed by atoms with Gasteiger partial charge in [-0.25, -0.2) is 0 Å². The van der Waals surface area contributed by atoms with Crippen molar-refractivity contribution in [2.45, 2.75) is 25.9 Å². The van der Waals surface area contributed by atoms with Gasteiger partial charge in [0.25, 0.3) is 0 Å². The molecule has 2 heteroatoms. The van der Waals surface area contributed by atoms with Crippen LogP contribution in [0.2, 0.25) is 0 Å². The van der Waals surface area contributed by atoms with E-state index in [2.05, 4.69) is 59.9 Å². The Hall–Kier alpha value is -1.64. The van der Waals surface area contributed by atoms with Gasteiger partial charge in [-0.2, -0.15) is 0 Å². The monoisotopic (exact) mass is 283 g/mol. The molecule has 21 heavy (non-hydrogen) atoms. The quantitative estimate of drug-likeness (QED) is 0.710. The molecular formula is C19H25NO. The summed E-state index contributed by atoms with van der Waals surface area (Å²) in [6.07, 6.45) is 3.24. The fourth-order valence-electron chi connectivity index (χ4n) is 2.28.